The molecule has 15 atom stereocenters. The molecule has 0 bridgehead atoms. The van der Waals surface area contributed by atoms with Crippen LogP contribution in [0.2, 0.25) is 0 Å². The van der Waals surface area contributed by atoms with Crippen LogP contribution in [0.5, 0.6) is 0 Å². The predicted molar refractivity (Wildman–Crippen MR) is 170 cm³/mol. The monoisotopic (exact) mass is 630 g/mol. The molecule has 0 N–H and O–H groups in total. The molecule has 3 fully saturated rings. The highest BCUT2D eigenvalue weighted by atomic mass is 16.7. The van der Waals surface area contributed by atoms with E-state index in [1.807, 2.05) is 0 Å². The van der Waals surface area contributed by atoms with Gasteiger partial charge in [-0.05, 0) is 42.9 Å². The van der Waals surface area contributed by atoms with E-state index in [0.717, 1.165) is 19.3 Å². The first kappa shape index (κ1) is 38.1. The molecule has 0 spiro atoms. The lowest BCUT2D eigenvalue weighted by Gasteiger charge is -2.51. The van der Waals surface area contributed by atoms with Crippen molar-refractivity contribution in [1.82, 2.24) is 0 Å². The Morgan fingerprint density at radius 1 is 0.432 bits per heavy atom. The molecule has 0 amide bonds. The number of ether oxygens (including phenoxy) is 9. The van der Waals surface area contributed by atoms with Crippen molar-refractivity contribution in [2.45, 2.75) is 138 Å². The van der Waals surface area contributed by atoms with Crippen LogP contribution >= 0.6 is 0 Å². The molecule has 9 heteroatoms. The molecule has 3 saturated heterocycles. The van der Waals surface area contributed by atoms with Crippen molar-refractivity contribution in [3.8, 4) is 0 Å². The van der Waals surface area contributed by atoms with Gasteiger partial charge in [0.15, 0.2) is 18.9 Å². The maximum atomic E-state index is 6.94. The Bertz CT molecular complexity index is 783. The highest BCUT2D eigenvalue weighted by Gasteiger charge is 2.50. The van der Waals surface area contributed by atoms with E-state index in [1.165, 1.54) is 0 Å². The molecule has 3 heterocycles. The first-order chi connectivity index (χ1) is 21.1. The largest absolute Gasteiger partial charge is 0.382 e. The van der Waals surface area contributed by atoms with Crippen LogP contribution in [0.1, 0.15) is 88.5 Å². The third-order valence-corrected chi connectivity index (χ3v) is 11.0. The molecule has 6 unspecified atom stereocenters. The summed E-state index contributed by atoms with van der Waals surface area (Å²) in [7, 11) is 1.66. The molecular weight excluding hydrogens is 564 g/mol. The summed E-state index contributed by atoms with van der Waals surface area (Å²) in [5.74, 6) is 2.11. The van der Waals surface area contributed by atoms with Crippen LogP contribution in [-0.2, 0) is 42.6 Å². The molecular formula is C35H66O9. The zero-order valence-corrected chi connectivity index (χ0v) is 29.7. The lowest BCUT2D eigenvalue weighted by Crippen LogP contribution is -2.58. The van der Waals surface area contributed by atoms with Crippen molar-refractivity contribution >= 4 is 0 Å². The standard InChI is InChI=1S/C35H66O9/c1-12-28-22(5)21(4)25(8)33(40-28)43-31-26(9)30(14-3)41-34(27(31)10)44-32-24(7)23(6)29(13-2)42-35(32)39-20-19-38-18-17-37-16-15-36-11/h21-35H,12-20H2,1-11H3/t21-,22+,23+,24-,25?,26-,27?,28?,29?,30?,31-,32?,33-,34-,35+/m0/s1. The van der Waals surface area contributed by atoms with Crippen LogP contribution in [0.25, 0.3) is 0 Å². The van der Waals surface area contributed by atoms with Crippen molar-refractivity contribution in [2.75, 3.05) is 46.8 Å². The topological polar surface area (TPSA) is 83.1 Å². The molecule has 3 rings (SSSR count). The average Bonchev–Trinajstić information content (AvgIpc) is 3.02. The van der Waals surface area contributed by atoms with Crippen molar-refractivity contribution in [2.24, 2.45) is 41.4 Å². The quantitative estimate of drug-likeness (QED) is 0.172. The minimum Gasteiger partial charge on any atom is -0.382 e. The van der Waals surface area contributed by atoms with Gasteiger partial charge in [0.25, 0.3) is 0 Å². The number of rotatable bonds is 17. The molecule has 3 aliphatic rings. The fourth-order valence-corrected chi connectivity index (χ4v) is 7.29. The zero-order chi connectivity index (χ0) is 32.4. The van der Waals surface area contributed by atoms with Gasteiger partial charge in [-0.2, -0.15) is 0 Å². The Labute approximate surface area is 268 Å². The first-order valence-corrected chi connectivity index (χ1v) is 17.6. The van der Waals surface area contributed by atoms with E-state index < -0.39 is 12.6 Å². The van der Waals surface area contributed by atoms with Gasteiger partial charge in [-0.1, -0.05) is 69.2 Å². The van der Waals surface area contributed by atoms with Crippen LogP contribution in [0.3, 0.4) is 0 Å². The Hall–Kier alpha value is -0.360. The van der Waals surface area contributed by atoms with Crippen LogP contribution in [-0.4, -0.2) is 96.1 Å². The second kappa shape index (κ2) is 18.8. The van der Waals surface area contributed by atoms with Crippen molar-refractivity contribution in [1.29, 1.82) is 0 Å². The maximum absolute atomic E-state index is 6.94. The second-order valence-corrected chi connectivity index (χ2v) is 13.7. The van der Waals surface area contributed by atoms with Gasteiger partial charge in [0.05, 0.1) is 64.1 Å². The van der Waals surface area contributed by atoms with Crippen molar-refractivity contribution in [3.05, 3.63) is 0 Å². The van der Waals surface area contributed by atoms with E-state index in [4.69, 9.17) is 42.6 Å². The van der Waals surface area contributed by atoms with Gasteiger partial charge < -0.3 is 42.6 Å². The van der Waals surface area contributed by atoms with E-state index in [-0.39, 0.29) is 54.6 Å². The normalized spacial score (nSPS) is 43.3. The number of methoxy groups -OCH3 is 1. The zero-order valence-electron chi connectivity index (χ0n) is 29.7. The molecule has 0 aromatic carbocycles. The van der Waals surface area contributed by atoms with Gasteiger partial charge in [-0.3, -0.25) is 0 Å². The second-order valence-electron chi connectivity index (χ2n) is 13.7. The summed E-state index contributed by atoms with van der Waals surface area (Å²) in [6.07, 6.45) is 1.64. The highest BCUT2D eigenvalue weighted by Crippen LogP contribution is 2.43. The van der Waals surface area contributed by atoms with Crippen LogP contribution < -0.4 is 0 Å². The Balaban J connectivity index is 1.67. The highest BCUT2D eigenvalue weighted by molar-refractivity contribution is 4.91. The van der Waals surface area contributed by atoms with Crippen LogP contribution in [0.15, 0.2) is 0 Å². The molecule has 0 aromatic heterocycles. The van der Waals surface area contributed by atoms with Gasteiger partial charge in [-0.15, -0.1) is 0 Å². The first-order valence-electron chi connectivity index (χ1n) is 17.6. The lowest BCUT2D eigenvalue weighted by molar-refractivity contribution is -0.357. The molecule has 0 saturated carbocycles. The summed E-state index contributed by atoms with van der Waals surface area (Å²) < 4.78 is 56.1. The molecule has 0 radical (unpaired) electrons. The Morgan fingerprint density at radius 3 is 1.45 bits per heavy atom. The van der Waals surface area contributed by atoms with Gasteiger partial charge >= 0.3 is 0 Å². The SMILES string of the molecule is CCC1O[C@@H](O[C@@H]2C(C)[C@H](OC3[C@H](OCCOCCOCCOC)OC(CC)[C@H](C)[C@@H]3C)OC(CC)[C@@H]2C)C(C)[C@@H](C)[C@H]1C. The smallest absolute Gasteiger partial charge is 0.184 e. The minimum atomic E-state index is -0.503. The van der Waals surface area contributed by atoms with Gasteiger partial charge in [0.2, 0.25) is 0 Å². The summed E-state index contributed by atoms with van der Waals surface area (Å²) in [5, 5.41) is 0. The Kier molecular flexibility index (Phi) is 16.3. The van der Waals surface area contributed by atoms with Crippen LogP contribution in [0, 0.1) is 41.4 Å². The fourth-order valence-electron chi connectivity index (χ4n) is 7.29. The molecule has 3 aliphatic heterocycles. The van der Waals surface area contributed by atoms with Gasteiger partial charge in [0, 0.05) is 24.9 Å². The van der Waals surface area contributed by atoms with Crippen molar-refractivity contribution in [3.63, 3.8) is 0 Å². The van der Waals surface area contributed by atoms with Crippen LogP contribution in [0.4, 0.5) is 0 Å². The van der Waals surface area contributed by atoms with E-state index in [1.54, 1.807) is 7.11 Å². The van der Waals surface area contributed by atoms with Gasteiger partial charge in [0.1, 0.15) is 6.10 Å². The van der Waals surface area contributed by atoms with E-state index in [0.29, 0.717) is 63.3 Å². The molecule has 9 nitrogen and oxygen atoms in total. The Morgan fingerprint density at radius 2 is 0.886 bits per heavy atom. The fraction of sp³-hybridized carbons (Fsp3) is 1.00. The van der Waals surface area contributed by atoms with E-state index in [2.05, 4.69) is 69.2 Å². The summed E-state index contributed by atoms with van der Waals surface area (Å²) in [6.45, 7) is 25.5. The summed E-state index contributed by atoms with van der Waals surface area (Å²) in [6, 6.07) is 0. The minimum absolute atomic E-state index is 0.00632. The summed E-state index contributed by atoms with van der Waals surface area (Å²) in [5.41, 5.74) is 0. The molecule has 0 aliphatic carbocycles. The predicted octanol–water partition coefficient (Wildman–Crippen LogP) is 6.31. The number of hydrogen-bond donors (Lipinski definition) is 0. The lowest BCUT2D eigenvalue weighted by atomic mass is 9.78. The third kappa shape index (κ3) is 9.60. The van der Waals surface area contributed by atoms with Gasteiger partial charge in [-0.25, -0.2) is 0 Å². The third-order valence-electron chi connectivity index (χ3n) is 11.0. The summed E-state index contributed by atoms with van der Waals surface area (Å²) >= 11 is 0. The molecule has 0 aromatic rings. The van der Waals surface area contributed by atoms with Crippen molar-refractivity contribution < 1.29 is 42.6 Å². The number of hydrogen-bond acceptors (Lipinski definition) is 9. The summed E-state index contributed by atoms with van der Waals surface area (Å²) in [4.78, 5) is 0. The molecule has 260 valence electrons. The molecule has 44 heavy (non-hydrogen) atoms. The maximum Gasteiger partial charge on any atom is 0.184 e. The van der Waals surface area contributed by atoms with E-state index in [9.17, 15) is 0 Å². The van der Waals surface area contributed by atoms with E-state index >= 15 is 0 Å². The average molecular weight is 631 g/mol.